The van der Waals surface area contributed by atoms with Crippen molar-refractivity contribution in [1.82, 2.24) is 5.32 Å². The molecule has 104 valence electrons. The van der Waals surface area contributed by atoms with Crippen LogP contribution in [0.5, 0.6) is 0 Å². The Kier molecular flexibility index (Phi) is 5.18. The molecule has 0 saturated heterocycles. The van der Waals surface area contributed by atoms with Gasteiger partial charge in [0, 0.05) is 24.8 Å². The lowest BCUT2D eigenvalue weighted by atomic mass is 10.1. The van der Waals surface area contributed by atoms with E-state index in [9.17, 15) is 4.79 Å². The summed E-state index contributed by atoms with van der Waals surface area (Å²) in [7, 11) is 1.64. The van der Waals surface area contributed by atoms with Crippen molar-refractivity contribution in [3.8, 4) is 0 Å². The van der Waals surface area contributed by atoms with E-state index in [-0.39, 0.29) is 5.91 Å². The molecule has 1 amide bonds. The van der Waals surface area contributed by atoms with Crippen LogP contribution in [-0.4, -0.2) is 19.5 Å². The number of nitrogens with one attached hydrogen (secondary N) is 2. The van der Waals surface area contributed by atoms with Crippen LogP contribution in [0.15, 0.2) is 54.6 Å². The molecular formula is C17H20N2O. The average molecular weight is 268 g/mol. The first-order valence-corrected chi connectivity index (χ1v) is 6.89. The summed E-state index contributed by atoms with van der Waals surface area (Å²) in [5, 5.41) is 5.98. The largest absolute Gasteiger partial charge is 0.385 e. The van der Waals surface area contributed by atoms with Gasteiger partial charge in [-0.25, -0.2) is 0 Å². The van der Waals surface area contributed by atoms with Crippen LogP contribution in [-0.2, 0) is 6.42 Å². The Hall–Kier alpha value is -2.29. The number of carbonyl (C=O) groups excluding carboxylic acids is 1. The highest BCUT2D eigenvalue weighted by Crippen LogP contribution is 2.10. The molecule has 0 radical (unpaired) electrons. The van der Waals surface area contributed by atoms with Gasteiger partial charge in [0.2, 0.25) is 0 Å². The van der Waals surface area contributed by atoms with E-state index in [1.54, 1.807) is 7.05 Å². The minimum Gasteiger partial charge on any atom is -0.385 e. The van der Waals surface area contributed by atoms with E-state index in [1.807, 2.05) is 30.3 Å². The van der Waals surface area contributed by atoms with E-state index < -0.39 is 0 Å². The molecule has 0 aliphatic rings. The van der Waals surface area contributed by atoms with Gasteiger partial charge in [-0.3, -0.25) is 4.79 Å². The SMILES string of the molecule is CNC(=O)c1ccc(NCCCc2ccccc2)cc1. The zero-order valence-corrected chi connectivity index (χ0v) is 11.7. The molecule has 0 bridgehead atoms. The van der Waals surface area contributed by atoms with Gasteiger partial charge in [-0.1, -0.05) is 30.3 Å². The van der Waals surface area contributed by atoms with E-state index in [0.29, 0.717) is 5.56 Å². The highest BCUT2D eigenvalue weighted by atomic mass is 16.1. The van der Waals surface area contributed by atoms with Crippen molar-refractivity contribution in [3.63, 3.8) is 0 Å². The molecule has 2 N–H and O–H groups in total. The maximum absolute atomic E-state index is 11.4. The topological polar surface area (TPSA) is 41.1 Å². The fourth-order valence-corrected chi connectivity index (χ4v) is 2.05. The van der Waals surface area contributed by atoms with E-state index in [1.165, 1.54) is 5.56 Å². The number of benzene rings is 2. The van der Waals surface area contributed by atoms with Gasteiger partial charge in [-0.15, -0.1) is 0 Å². The minimum atomic E-state index is -0.0550. The Morgan fingerprint density at radius 2 is 1.70 bits per heavy atom. The molecule has 3 nitrogen and oxygen atoms in total. The zero-order valence-electron chi connectivity index (χ0n) is 11.7. The highest BCUT2D eigenvalue weighted by molar-refractivity contribution is 5.94. The first-order chi connectivity index (χ1) is 9.79. The Morgan fingerprint density at radius 3 is 2.35 bits per heavy atom. The molecule has 0 aromatic heterocycles. The van der Waals surface area contributed by atoms with E-state index >= 15 is 0 Å². The van der Waals surface area contributed by atoms with Crippen molar-refractivity contribution >= 4 is 11.6 Å². The summed E-state index contributed by atoms with van der Waals surface area (Å²) in [6.07, 6.45) is 2.16. The van der Waals surface area contributed by atoms with Crippen molar-refractivity contribution < 1.29 is 4.79 Å². The summed E-state index contributed by atoms with van der Waals surface area (Å²) >= 11 is 0. The monoisotopic (exact) mass is 268 g/mol. The van der Waals surface area contributed by atoms with Crippen LogP contribution in [0.25, 0.3) is 0 Å². The van der Waals surface area contributed by atoms with Crippen LogP contribution in [0, 0.1) is 0 Å². The normalized spacial score (nSPS) is 10.1. The van der Waals surface area contributed by atoms with E-state index in [0.717, 1.165) is 25.1 Å². The third-order valence-electron chi connectivity index (χ3n) is 3.19. The number of anilines is 1. The molecular weight excluding hydrogens is 248 g/mol. The number of carbonyl (C=O) groups is 1. The van der Waals surface area contributed by atoms with Crippen molar-refractivity contribution in [1.29, 1.82) is 0 Å². The molecule has 20 heavy (non-hydrogen) atoms. The lowest BCUT2D eigenvalue weighted by Crippen LogP contribution is -2.17. The summed E-state index contributed by atoms with van der Waals surface area (Å²) in [4.78, 5) is 11.4. The van der Waals surface area contributed by atoms with Crippen LogP contribution in [0.1, 0.15) is 22.3 Å². The fourth-order valence-electron chi connectivity index (χ4n) is 2.05. The van der Waals surface area contributed by atoms with Gasteiger partial charge < -0.3 is 10.6 Å². The van der Waals surface area contributed by atoms with Gasteiger partial charge in [-0.2, -0.15) is 0 Å². The van der Waals surface area contributed by atoms with Gasteiger partial charge in [-0.05, 0) is 42.7 Å². The predicted octanol–water partition coefficient (Wildman–Crippen LogP) is 3.09. The summed E-state index contributed by atoms with van der Waals surface area (Å²) in [5.74, 6) is -0.0550. The molecule has 0 fully saturated rings. The van der Waals surface area contributed by atoms with Crippen molar-refractivity contribution in [2.45, 2.75) is 12.8 Å². The number of hydrogen-bond donors (Lipinski definition) is 2. The maximum Gasteiger partial charge on any atom is 0.251 e. The highest BCUT2D eigenvalue weighted by Gasteiger charge is 2.01. The first-order valence-electron chi connectivity index (χ1n) is 6.89. The molecule has 0 heterocycles. The molecule has 0 saturated carbocycles. The lowest BCUT2D eigenvalue weighted by molar-refractivity contribution is 0.0963. The van der Waals surface area contributed by atoms with Gasteiger partial charge >= 0.3 is 0 Å². The second-order valence-electron chi connectivity index (χ2n) is 4.67. The van der Waals surface area contributed by atoms with Crippen molar-refractivity contribution in [2.75, 3.05) is 18.9 Å². The Balaban J connectivity index is 1.75. The molecule has 3 heteroatoms. The second-order valence-corrected chi connectivity index (χ2v) is 4.67. The molecule has 0 aliphatic heterocycles. The van der Waals surface area contributed by atoms with Crippen molar-refractivity contribution in [2.24, 2.45) is 0 Å². The van der Waals surface area contributed by atoms with E-state index in [2.05, 4.69) is 34.9 Å². The molecule has 2 aromatic rings. The molecule has 0 spiro atoms. The van der Waals surface area contributed by atoms with Crippen molar-refractivity contribution in [3.05, 3.63) is 65.7 Å². The van der Waals surface area contributed by atoms with Crippen LogP contribution >= 0.6 is 0 Å². The first kappa shape index (κ1) is 14.1. The van der Waals surface area contributed by atoms with Crippen LogP contribution in [0.4, 0.5) is 5.69 Å². The predicted molar refractivity (Wildman–Crippen MR) is 83.1 cm³/mol. The quantitative estimate of drug-likeness (QED) is 0.790. The Bertz CT molecular complexity index is 535. The molecule has 2 rings (SSSR count). The van der Waals surface area contributed by atoms with E-state index in [4.69, 9.17) is 0 Å². The van der Waals surface area contributed by atoms with Gasteiger partial charge in [0.1, 0.15) is 0 Å². The summed E-state index contributed by atoms with van der Waals surface area (Å²) in [6.45, 7) is 0.925. The second kappa shape index (κ2) is 7.34. The summed E-state index contributed by atoms with van der Waals surface area (Å²) in [6, 6.07) is 18.0. The third-order valence-corrected chi connectivity index (χ3v) is 3.19. The molecule has 0 aliphatic carbocycles. The maximum atomic E-state index is 11.4. The molecule has 0 unspecified atom stereocenters. The van der Waals surface area contributed by atoms with Gasteiger partial charge in [0.05, 0.1) is 0 Å². The summed E-state index contributed by atoms with van der Waals surface area (Å²) in [5.41, 5.74) is 3.09. The number of amides is 1. The van der Waals surface area contributed by atoms with Gasteiger partial charge in [0.15, 0.2) is 0 Å². The smallest absolute Gasteiger partial charge is 0.251 e. The zero-order chi connectivity index (χ0) is 14.2. The minimum absolute atomic E-state index is 0.0550. The standard InChI is InChI=1S/C17H20N2O/c1-18-17(20)15-9-11-16(12-10-15)19-13-5-8-14-6-3-2-4-7-14/h2-4,6-7,9-12,19H,5,8,13H2,1H3,(H,18,20). The van der Waals surface area contributed by atoms with Crippen LogP contribution in [0.3, 0.4) is 0 Å². The van der Waals surface area contributed by atoms with Crippen LogP contribution in [0.2, 0.25) is 0 Å². The average Bonchev–Trinajstić information content (AvgIpc) is 2.52. The molecule has 2 aromatic carbocycles. The lowest BCUT2D eigenvalue weighted by Gasteiger charge is -2.07. The third kappa shape index (κ3) is 4.12. The number of aryl methyl sites for hydroxylation is 1. The fraction of sp³-hybridized carbons (Fsp3) is 0.235. The molecule has 0 atom stereocenters. The Morgan fingerprint density at radius 1 is 1.00 bits per heavy atom. The summed E-state index contributed by atoms with van der Waals surface area (Å²) < 4.78 is 0. The Labute approximate surface area is 120 Å². The number of hydrogen-bond acceptors (Lipinski definition) is 2. The van der Waals surface area contributed by atoms with Gasteiger partial charge in [0.25, 0.3) is 5.91 Å². The number of rotatable bonds is 6. The van der Waals surface area contributed by atoms with Crippen LogP contribution < -0.4 is 10.6 Å².